The molecule has 0 saturated carbocycles. The molecule has 0 bridgehead atoms. The Kier molecular flexibility index (Phi) is 4.04. The van der Waals surface area contributed by atoms with Crippen LogP contribution >= 0.6 is 23.2 Å². The zero-order valence-electron chi connectivity index (χ0n) is 9.18. The predicted octanol–water partition coefficient (Wildman–Crippen LogP) is 4.88. The Morgan fingerprint density at radius 1 is 0.944 bits per heavy atom. The zero-order valence-corrected chi connectivity index (χ0v) is 10.7. The van der Waals surface area contributed by atoms with E-state index in [1.54, 1.807) is 6.07 Å². The molecule has 0 heterocycles. The van der Waals surface area contributed by atoms with E-state index in [-0.39, 0.29) is 17.4 Å². The average molecular weight is 288 g/mol. The minimum absolute atomic E-state index is 0.0135. The van der Waals surface area contributed by atoms with Gasteiger partial charge in [-0.3, -0.25) is 0 Å². The fraction of sp³-hybridized carbons (Fsp3) is 0.0769. The second-order valence-electron chi connectivity index (χ2n) is 3.68. The molecule has 0 amide bonds. The van der Waals surface area contributed by atoms with Crippen LogP contribution in [0.2, 0.25) is 10.0 Å². The number of anilines is 1. The summed E-state index contributed by atoms with van der Waals surface area (Å²) in [5.74, 6) is -0.880. The van der Waals surface area contributed by atoms with Crippen molar-refractivity contribution in [2.45, 2.75) is 6.54 Å². The van der Waals surface area contributed by atoms with Gasteiger partial charge in [0, 0.05) is 22.8 Å². The Bertz CT molecular complexity index is 553. The quantitative estimate of drug-likeness (QED) is 0.848. The van der Waals surface area contributed by atoms with E-state index in [1.165, 1.54) is 30.3 Å². The van der Waals surface area contributed by atoms with Crippen molar-refractivity contribution in [1.29, 1.82) is 0 Å². The van der Waals surface area contributed by atoms with Crippen LogP contribution in [0.25, 0.3) is 0 Å². The summed E-state index contributed by atoms with van der Waals surface area (Å²) in [4.78, 5) is 0. The Morgan fingerprint density at radius 3 is 2.39 bits per heavy atom. The Morgan fingerprint density at radius 2 is 1.72 bits per heavy atom. The van der Waals surface area contributed by atoms with Crippen LogP contribution in [0.3, 0.4) is 0 Å². The Hall–Kier alpha value is -1.32. The van der Waals surface area contributed by atoms with Gasteiger partial charge in [-0.05, 0) is 30.3 Å². The lowest BCUT2D eigenvalue weighted by molar-refractivity contribution is 0.613. The van der Waals surface area contributed by atoms with Crippen LogP contribution in [0.15, 0.2) is 36.4 Å². The van der Waals surface area contributed by atoms with Crippen molar-refractivity contribution in [3.8, 4) is 0 Å². The molecule has 18 heavy (non-hydrogen) atoms. The summed E-state index contributed by atoms with van der Waals surface area (Å²) < 4.78 is 26.4. The van der Waals surface area contributed by atoms with Gasteiger partial charge in [-0.25, -0.2) is 8.78 Å². The van der Waals surface area contributed by atoms with Crippen LogP contribution in [0.4, 0.5) is 14.5 Å². The molecule has 2 aromatic carbocycles. The summed E-state index contributed by atoms with van der Waals surface area (Å²) in [5, 5.41) is 3.29. The van der Waals surface area contributed by atoms with Gasteiger partial charge in [-0.2, -0.15) is 0 Å². The first-order valence-corrected chi connectivity index (χ1v) is 5.95. The lowest BCUT2D eigenvalue weighted by atomic mass is 10.2. The molecule has 0 fully saturated rings. The fourth-order valence-corrected chi connectivity index (χ4v) is 1.91. The monoisotopic (exact) mass is 287 g/mol. The maximum atomic E-state index is 13.5. The van der Waals surface area contributed by atoms with E-state index < -0.39 is 5.82 Å². The van der Waals surface area contributed by atoms with Crippen molar-refractivity contribution in [2.24, 2.45) is 0 Å². The van der Waals surface area contributed by atoms with Crippen LogP contribution in [0.1, 0.15) is 5.56 Å². The molecular weight excluding hydrogens is 279 g/mol. The third kappa shape index (κ3) is 2.92. The lowest BCUT2D eigenvalue weighted by Gasteiger charge is -2.09. The maximum absolute atomic E-state index is 13.5. The van der Waals surface area contributed by atoms with E-state index in [2.05, 4.69) is 5.32 Å². The molecule has 0 unspecified atom stereocenters. The molecular formula is C13H9Cl2F2N. The molecule has 1 nitrogen and oxygen atoms in total. The van der Waals surface area contributed by atoms with Crippen LogP contribution in [0, 0.1) is 11.6 Å². The van der Waals surface area contributed by atoms with Gasteiger partial charge in [0.15, 0.2) is 0 Å². The largest absolute Gasteiger partial charge is 0.381 e. The highest BCUT2D eigenvalue weighted by molar-refractivity contribution is 6.31. The molecule has 1 N–H and O–H groups in total. The lowest BCUT2D eigenvalue weighted by Crippen LogP contribution is -2.02. The molecule has 0 aromatic heterocycles. The maximum Gasteiger partial charge on any atom is 0.141 e. The topological polar surface area (TPSA) is 12.0 Å². The minimum atomic E-state index is -0.494. The number of nitrogens with one attached hydrogen (secondary N) is 1. The first-order chi connectivity index (χ1) is 8.58. The third-order valence-corrected chi connectivity index (χ3v) is 3.09. The average Bonchev–Trinajstić information content (AvgIpc) is 2.33. The van der Waals surface area contributed by atoms with E-state index in [4.69, 9.17) is 23.2 Å². The first kappa shape index (κ1) is 13.1. The smallest absolute Gasteiger partial charge is 0.141 e. The standard InChI is InChI=1S/C13H9Cl2F2N/c14-10-2-1-3-12(16)9(10)7-18-8-4-5-13(17)11(15)6-8/h1-6,18H,7H2. The van der Waals surface area contributed by atoms with Gasteiger partial charge >= 0.3 is 0 Å². The van der Waals surface area contributed by atoms with E-state index in [0.29, 0.717) is 16.3 Å². The Labute approximate surface area is 113 Å². The number of halogens is 4. The predicted molar refractivity (Wildman–Crippen MR) is 70.1 cm³/mol. The molecule has 2 rings (SSSR count). The molecule has 5 heteroatoms. The molecule has 0 aliphatic rings. The molecule has 2 aromatic rings. The summed E-state index contributed by atoms with van der Waals surface area (Å²) >= 11 is 11.5. The summed E-state index contributed by atoms with van der Waals surface area (Å²) in [7, 11) is 0. The molecule has 0 saturated heterocycles. The summed E-state index contributed by atoms with van der Waals surface area (Å²) in [6.45, 7) is 0.202. The highest BCUT2D eigenvalue weighted by Crippen LogP contribution is 2.23. The number of hydrogen-bond acceptors (Lipinski definition) is 1. The van der Waals surface area contributed by atoms with Gasteiger partial charge < -0.3 is 5.32 Å². The van der Waals surface area contributed by atoms with E-state index in [9.17, 15) is 8.78 Å². The van der Waals surface area contributed by atoms with Crippen molar-refractivity contribution in [1.82, 2.24) is 0 Å². The minimum Gasteiger partial charge on any atom is -0.381 e. The third-order valence-electron chi connectivity index (χ3n) is 2.45. The summed E-state index contributed by atoms with van der Waals surface area (Å²) in [5.41, 5.74) is 0.959. The Balaban J connectivity index is 2.14. The van der Waals surface area contributed by atoms with Crippen LogP contribution in [-0.2, 0) is 6.54 Å². The molecule has 0 radical (unpaired) electrons. The van der Waals surface area contributed by atoms with E-state index in [0.717, 1.165) is 0 Å². The van der Waals surface area contributed by atoms with E-state index >= 15 is 0 Å². The second-order valence-corrected chi connectivity index (χ2v) is 4.50. The van der Waals surface area contributed by atoms with Gasteiger partial charge in [-0.1, -0.05) is 29.3 Å². The molecule has 0 atom stereocenters. The van der Waals surface area contributed by atoms with Crippen LogP contribution in [-0.4, -0.2) is 0 Å². The van der Waals surface area contributed by atoms with Crippen molar-refractivity contribution < 1.29 is 8.78 Å². The van der Waals surface area contributed by atoms with Gasteiger partial charge in [-0.15, -0.1) is 0 Å². The SMILES string of the molecule is Fc1ccc(NCc2c(F)cccc2Cl)cc1Cl. The second kappa shape index (κ2) is 5.55. The molecule has 94 valence electrons. The van der Waals surface area contributed by atoms with Crippen molar-refractivity contribution >= 4 is 28.9 Å². The fourth-order valence-electron chi connectivity index (χ4n) is 1.50. The number of hydrogen-bond donors (Lipinski definition) is 1. The van der Waals surface area contributed by atoms with Crippen LogP contribution in [0.5, 0.6) is 0 Å². The van der Waals surface area contributed by atoms with Crippen molar-refractivity contribution in [3.63, 3.8) is 0 Å². The van der Waals surface area contributed by atoms with E-state index in [1.807, 2.05) is 0 Å². The first-order valence-electron chi connectivity index (χ1n) is 5.20. The van der Waals surface area contributed by atoms with Gasteiger partial charge in [0.05, 0.1) is 5.02 Å². The van der Waals surface area contributed by atoms with Gasteiger partial charge in [0.25, 0.3) is 0 Å². The molecule has 0 spiro atoms. The molecule has 0 aliphatic heterocycles. The van der Waals surface area contributed by atoms with Crippen molar-refractivity contribution in [2.75, 3.05) is 5.32 Å². The number of benzene rings is 2. The summed E-state index contributed by atoms with van der Waals surface area (Å²) in [6, 6.07) is 8.69. The summed E-state index contributed by atoms with van der Waals surface area (Å²) in [6.07, 6.45) is 0. The normalized spacial score (nSPS) is 10.4. The zero-order chi connectivity index (χ0) is 13.1. The van der Waals surface area contributed by atoms with Crippen molar-refractivity contribution in [3.05, 3.63) is 63.6 Å². The highest BCUT2D eigenvalue weighted by atomic mass is 35.5. The van der Waals surface area contributed by atoms with Gasteiger partial charge in [0.1, 0.15) is 11.6 Å². The van der Waals surface area contributed by atoms with Gasteiger partial charge in [0.2, 0.25) is 0 Å². The van der Waals surface area contributed by atoms with Crippen LogP contribution < -0.4 is 5.32 Å². The molecule has 0 aliphatic carbocycles. The highest BCUT2D eigenvalue weighted by Gasteiger charge is 2.07. The number of rotatable bonds is 3.